The Morgan fingerprint density at radius 2 is 2.15 bits per heavy atom. The Labute approximate surface area is 121 Å². The molecule has 1 aromatic rings. The average molecular weight is 278 g/mol. The number of likely N-dealkylation sites (N-methyl/N-ethyl adjacent to an activating group) is 1. The molecule has 2 atom stereocenters. The van der Waals surface area contributed by atoms with Crippen molar-refractivity contribution in [1.29, 1.82) is 0 Å². The molecule has 4 nitrogen and oxygen atoms in total. The van der Waals surface area contributed by atoms with Gasteiger partial charge in [-0.1, -0.05) is 6.92 Å². The fraction of sp³-hybridized carbons (Fsp3) is 0.688. The number of ether oxygens (including phenoxy) is 2. The maximum Gasteiger partial charge on any atom is 0.137 e. The van der Waals surface area contributed by atoms with E-state index in [-0.39, 0.29) is 12.1 Å². The highest BCUT2D eigenvalue weighted by Crippen LogP contribution is 2.40. The molecule has 1 aliphatic rings. The summed E-state index contributed by atoms with van der Waals surface area (Å²) in [4.78, 5) is 4.31. The fourth-order valence-electron chi connectivity index (χ4n) is 2.55. The van der Waals surface area contributed by atoms with Crippen molar-refractivity contribution in [2.24, 2.45) is 5.92 Å². The largest absolute Gasteiger partial charge is 0.492 e. The van der Waals surface area contributed by atoms with Gasteiger partial charge in [0.2, 0.25) is 0 Å². The van der Waals surface area contributed by atoms with Crippen LogP contribution in [0.25, 0.3) is 0 Å². The molecule has 0 amide bonds. The number of hydrogen-bond acceptors (Lipinski definition) is 4. The van der Waals surface area contributed by atoms with Crippen LogP contribution in [0.2, 0.25) is 0 Å². The molecule has 1 aromatic heterocycles. The van der Waals surface area contributed by atoms with E-state index < -0.39 is 0 Å². The predicted octanol–water partition coefficient (Wildman–Crippen LogP) is 2.95. The maximum atomic E-state index is 5.96. The summed E-state index contributed by atoms with van der Waals surface area (Å²) in [7, 11) is 1.98. The normalized spacial score (nSPS) is 17.8. The van der Waals surface area contributed by atoms with Gasteiger partial charge in [0.1, 0.15) is 5.75 Å². The van der Waals surface area contributed by atoms with E-state index in [0.29, 0.717) is 5.92 Å². The Kier molecular flexibility index (Phi) is 5.80. The molecule has 1 aliphatic carbocycles. The van der Waals surface area contributed by atoms with Gasteiger partial charge in [-0.15, -0.1) is 0 Å². The average Bonchev–Trinajstić information content (AvgIpc) is 3.30. The number of nitrogens with zero attached hydrogens (tertiary/aromatic N) is 1. The smallest absolute Gasteiger partial charge is 0.137 e. The van der Waals surface area contributed by atoms with Gasteiger partial charge in [0.15, 0.2) is 0 Å². The van der Waals surface area contributed by atoms with Crippen molar-refractivity contribution in [2.45, 2.75) is 45.3 Å². The highest BCUT2D eigenvalue weighted by Gasteiger charge is 2.37. The molecule has 112 valence electrons. The van der Waals surface area contributed by atoms with Gasteiger partial charge in [0.05, 0.1) is 24.9 Å². The molecule has 4 heteroatoms. The van der Waals surface area contributed by atoms with Crippen molar-refractivity contribution in [1.82, 2.24) is 10.3 Å². The van der Waals surface area contributed by atoms with Gasteiger partial charge in [-0.05, 0) is 50.8 Å². The quantitative estimate of drug-likeness (QED) is 0.754. The lowest BCUT2D eigenvalue weighted by Crippen LogP contribution is -2.33. The highest BCUT2D eigenvalue weighted by atomic mass is 16.5. The van der Waals surface area contributed by atoms with Crippen LogP contribution in [0, 0.1) is 5.92 Å². The summed E-state index contributed by atoms with van der Waals surface area (Å²) in [5, 5.41) is 3.39. The Bertz CT molecular complexity index is 407. The summed E-state index contributed by atoms with van der Waals surface area (Å²) in [5.74, 6) is 1.52. The standard InChI is InChI=1S/C16H26N2O2/c1-4-8-20-14-9-13(10-18-11-14)15(17-3)16(19-5-2)12-6-7-12/h9-12,15-17H,4-8H2,1-3H3. The third kappa shape index (κ3) is 3.93. The molecule has 1 heterocycles. The van der Waals surface area contributed by atoms with Crippen molar-refractivity contribution in [3.05, 3.63) is 24.0 Å². The summed E-state index contributed by atoms with van der Waals surface area (Å²) in [6.45, 7) is 5.64. The first-order chi connectivity index (χ1) is 9.80. The molecule has 0 spiro atoms. The lowest BCUT2D eigenvalue weighted by Gasteiger charge is -2.27. The van der Waals surface area contributed by atoms with Crippen LogP contribution in [-0.4, -0.2) is 31.3 Å². The van der Waals surface area contributed by atoms with E-state index in [1.807, 2.05) is 13.2 Å². The number of aromatic nitrogens is 1. The Morgan fingerprint density at radius 1 is 1.35 bits per heavy atom. The monoisotopic (exact) mass is 278 g/mol. The Balaban J connectivity index is 2.12. The van der Waals surface area contributed by atoms with E-state index in [0.717, 1.165) is 30.9 Å². The lowest BCUT2D eigenvalue weighted by molar-refractivity contribution is 0.0203. The van der Waals surface area contributed by atoms with Crippen molar-refractivity contribution >= 4 is 0 Å². The number of pyridine rings is 1. The van der Waals surface area contributed by atoms with Crippen molar-refractivity contribution in [2.75, 3.05) is 20.3 Å². The predicted molar refractivity (Wildman–Crippen MR) is 80.0 cm³/mol. The molecular weight excluding hydrogens is 252 g/mol. The molecule has 20 heavy (non-hydrogen) atoms. The van der Waals surface area contributed by atoms with Crippen LogP contribution in [0.4, 0.5) is 0 Å². The first-order valence-electron chi connectivity index (χ1n) is 7.66. The van der Waals surface area contributed by atoms with Crippen LogP contribution in [0.15, 0.2) is 18.5 Å². The molecule has 0 aliphatic heterocycles. The molecule has 1 N–H and O–H groups in total. The van der Waals surface area contributed by atoms with Gasteiger partial charge < -0.3 is 14.8 Å². The Hall–Kier alpha value is -1.13. The molecule has 0 radical (unpaired) electrons. The van der Waals surface area contributed by atoms with Crippen LogP contribution in [-0.2, 0) is 4.74 Å². The number of rotatable bonds is 9. The van der Waals surface area contributed by atoms with Crippen LogP contribution in [0.3, 0.4) is 0 Å². The summed E-state index contributed by atoms with van der Waals surface area (Å²) < 4.78 is 11.6. The van der Waals surface area contributed by atoms with E-state index in [1.54, 1.807) is 6.20 Å². The van der Waals surface area contributed by atoms with Crippen molar-refractivity contribution in [3.8, 4) is 5.75 Å². The maximum absolute atomic E-state index is 5.96. The third-order valence-corrected chi connectivity index (χ3v) is 3.65. The summed E-state index contributed by atoms with van der Waals surface area (Å²) in [6, 6.07) is 2.26. The van der Waals surface area contributed by atoms with Crippen LogP contribution in [0.5, 0.6) is 5.75 Å². The molecule has 2 rings (SSSR count). The van der Waals surface area contributed by atoms with Crippen LogP contribution < -0.4 is 10.1 Å². The van der Waals surface area contributed by atoms with Gasteiger partial charge >= 0.3 is 0 Å². The van der Waals surface area contributed by atoms with Crippen LogP contribution >= 0.6 is 0 Å². The first kappa shape index (κ1) is 15.3. The molecular formula is C16H26N2O2. The van der Waals surface area contributed by atoms with Gasteiger partial charge in [-0.2, -0.15) is 0 Å². The topological polar surface area (TPSA) is 43.4 Å². The SMILES string of the molecule is CCCOc1cncc(C(NC)C(OCC)C2CC2)c1. The lowest BCUT2D eigenvalue weighted by atomic mass is 9.99. The molecule has 0 aromatic carbocycles. The highest BCUT2D eigenvalue weighted by molar-refractivity contribution is 5.27. The van der Waals surface area contributed by atoms with Gasteiger partial charge in [-0.25, -0.2) is 0 Å². The second-order valence-corrected chi connectivity index (χ2v) is 5.33. The molecule has 0 bridgehead atoms. The van der Waals surface area contributed by atoms with E-state index in [9.17, 15) is 0 Å². The van der Waals surface area contributed by atoms with Crippen LogP contribution in [0.1, 0.15) is 44.7 Å². The summed E-state index contributed by atoms with van der Waals surface area (Å²) in [6.07, 6.45) is 7.45. The summed E-state index contributed by atoms with van der Waals surface area (Å²) >= 11 is 0. The van der Waals surface area contributed by atoms with Gasteiger partial charge in [-0.3, -0.25) is 4.98 Å². The zero-order valence-corrected chi connectivity index (χ0v) is 12.8. The fourth-order valence-corrected chi connectivity index (χ4v) is 2.55. The van der Waals surface area contributed by atoms with Gasteiger partial charge in [0, 0.05) is 12.8 Å². The van der Waals surface area contributed by atoms with E-state index in [2.05, 4.69) is 30.2 Å². The van der Waals surface area contributed by atoms with E-state index in [1.165, 1.54) is 12.8 Å². The minimum absolute atomic E-state index is 0.181. The Morgan fingerprint density at radius 3 is 2.75 bits per heavy atom. The second kappa shape index (κ2) is 7.60. The third-order valence-electron chi connectivity index (χ3n) is 3.65. The van der Waals surface area contributed by atoms with Crippen molar-refractivity contribution < 1.29 is 9.47 Å². The minimum Gasteiger partial charge on any atom is -0.492 e. The molecule has 0 saturated heterocycles. The zero-order chi connectivity index (χ0) is 14.4. The minimum atomic E-state index is 0.181. The number of hydrogen-bond donors (Lipinski definition) is 1. The first-order valence-corrected chi connectivity index (χ1v) is 7.66. The second-order valence-electron chi connectivity index (χ2n) is 5.33. The number of nitrogens with one attached hydrogen (secondary N) is 1. The molecule has 1 saturated carbocycles. The molecule has 1 fully saturated rings. The molecule has 2 unspecified atom stereocenters. The van der Waals surface area contributed by atoms with Gasteiger partial charge in [0.25, 0.3) is 0 Å². The van der Waals surface area contributed by atoms with E-state index >= 15 is 0 Å². The summed E-state index contributed by atoms with van der Waals surface area (Å²) in [5.41, 5.74) is 1.14. The van der Waals surface area contributed by atoms with E-state index in [4.69, 9.17) is 9.47 Å². The zero-order valence-electron chi connectivity index (χ0n) is 12.8. The van der Waals surface area contributed by atoms with Crippen molar-refractivity contribution in [3.63, 3.8) is 0 Å².